The molecule has 1 aliphatic rings. The summed E-state index contributed by atoms with van der Waals surface area (Å²) in [6.45, 7) is 3.95. The highest BCUT2D eigenvalue weighted by Crippen LogP contribution is 2.34. The zero-order valence-corrected chi connectivity index (χ0v) is 15.7. The number of amides is 1. The predicted molar refractivity (Wildman–Crippen MR) is 97.1 cm³/mol. The highest BCUT2D eigenvalue weighted by Gasteiger charge is 2.33. The number of primary amides is 1. The monoisotopic (exact) mass is 384 g/mol. The number of nitrogens with one attached hydrogen (secondary N) is 1. The predicted octanol–water partition coefficient (Wildman–Crippen LogP) is 1.69. The van der Waals surface area contributed by atoms with E-state index in [0.29, 0.717) is 12.8 Å². The number of rotatable bonds is 8. The minimum absolute atomic E-state index is 0.128. The Morgan fingerprint density at radius 3 is 2.54 bits per heavy atom. The van der Waals surface area contributed by atoms with E-state index in [1.54, 1.807) is 13.8 Å². The van der Waals surface area contributed by atoms with Crippen LogP contribution >= 0.6 is 0 Å². The SMILES string of the molecule is CCN(CC)S(=O)(=O)c1ccc(N[C@H]2CCC[C@@H]2C(N)=O)c([N+](=O)[O-])c1. The normalized spacial score (nSPS) is 20.3. The maximum absolute atomic E-state index is 12.6. The fourth-order valence-corrected chi connectivity index (χ4v) is 4.81. The van der Waals surface area contributed by atoms with E-state index in [-0.39, 0.29) is 35.4 Å². The van der Waals surface area contributed by atoms with E-state index in [9.17, 15) is 23.3 Å². The van der Waals surface area contributed by atoms with Crippen LogP contribution in [0.3, 0.4) is 0 Å². The number of nitro benzene ring substituents is 1. The summed E-state index contributed by atoms with van der Waals surface area (Å²) in [5.74, 6) is -0.836. The van der Waals surface area contributed by atoms with E-state index in [1.165, 1.54) is 16.4 Å². The Morgan fingerprint density at radius 1 is 1.35 bits per heavy atom. The first-order valence-corrected chi connectivity index (χ1v) is 10.0. The molecule has 0 aromatic heterocycles. The van der Waals surface area contributed by atoms with Gasteiger partial charge in [0, 0.05) is 25.2 Å². The summed E-state index contributed by atoms with van der Waals surface area (Å²) < 4.78 is 26.4. The molecule has 0 heterocycles. The van der Waals surface area contributed by atoms with Crippen molar-refractivity contribution < 1.29 is 18.1 Å². The number of benzene rings is 1. The molecule has 0 spiro atoms. The van der Waals surface area contributed by atoms with Crippen molar-refractivity contribution in [3.63, 3.8) is 0 Å². The van der Waals surface area contributed by atoms with Gasteiger partial charge in [-0.15, -0.1) is 0 Å². The van der Waals surface area contributed by atoms with Crippen LogP contribution in [-0.4, -0.2) is 42.7 Å². The number of hydrogen-bond donors (Lipinski definition) is 2. The van der Waals surface area contributed by atoms with Crippen LogP contribution in [0.2, 0.25) is 0 Å². The lowest BCUT2D eigenvalue weighted by molar-refractivity contribution is -0.384. The average Bonchev–Trinajstić information content (AvgIpc) is 3.04. The summed E-state index contributed by atoms with van der Waals surface area (Å²) in [7, 11) is -3.80. The molecule has 1 amide bonds. The van der Waals surface area contributed by atoms with E-state index in [0.717, 1.165) is 12.5 Å². The van der Waals surface area contributed by atoms with Gasteiger partial charge in [0.2, 0.25) is 15.9 Å². The molecule has 1 aromatic rings. The van der Waals surface area contributed by atoms with Crippen molar-refractivity contribution in [1.29, 1.82) is 0 Å². The number of hydrogen-bond acceptors (Lipinski definition) is 6. The first-order valence-electron chi connectivity index (χ1n) is 8.56. The summed E-state index contributed by atoms with van der Waals surface area (Å²) in [6.07, 6.45) is 2.10. The molecule has 144 valence electrons. The number of carbonyl (C=O) groups excluding carboxylic acids is 1. The van der Waals surface area contributed by atoms with Crippen LogP contribution in [0.15, 0.2) is 23.1 Å². The summed E-state index contributed by atoms with van der Waals surface area (Å²) in [4.78, 5) is 22.2. The zero-order chi connectivity index (χ0) is 19.5. The molecule has 1 fully saturated rings. The van der Waals surface area contributed by atoms with Gasteiger partial charge in [0.05, 0.1) is 15.7 Å². The molecule has 3 N–H and O–H groups in total. The van der Waals surface area contributed by atoms with Gasteiger partial charge >= 0.3 is 0 Å². The van der Waals surface area contributed by atoms with Crippen molar-refractivity contribution in [1.82, 2.24) is 4.31 Å². The van der Waals surface area contributed by atoms with Crippen molar-refractivity contribution in [3.8, 4) is 0 Å². The maximum atomic E-state index is 12.6. The van der Waals surface area contributed by atoms with E-state index < -0.39 is 26.8 Å². The van der Waals surface area contributed by atoms with Crippen LogP contribution in [0, 0.1) is 16.0 Å². The largest absolute Gasteiger partial charge is 0.376 e. The standard InChI is InChI=1S/C16H24N4O5S/c1-3-19(4-2)26(24,25)11-8-9-14(15(10-11)20(22)23)18-13-7-5-6-12(13)16(17)21/h8-10,12-13,18H,3-7H2,1-2H3,(H2,17,21)/t12-,13-/m0/s1. The molecule has 0 unspecified atom stereocenters. The van der Waals surface area contributed by atoms with Crippen molar-refractivity contribution in [2.75, 3.05) is 18.4 Å². The third-order valence-corrected chi connectivity index (χ3v) is 6.78. The van der Waals surface area contributed by atoms with Gasteiger partial charge in [-0.2, -0.15) is 4.31 Å². The zero-order valence-electron chi connectivity index (χ0n) is 14.8. The van der Waals surface area contributed by atoms with E-state index in [2.05, 4.69) is 5.32 Å². The molecule has 9 nitrogen and oxygen atoms in total. The molecule has 0 radical (unpaired) electrons. The van der Waals surface area contributed by atoms with Crippen LogP contribution in [-0.2, 0) is 14.8 Å². The lowest BCUT2D eigenvalue weighted by Gasteiger charge is -2.21. The van der Waals surface area contributed by atoms with Gasteiger partial charge in [0.15, 0.2) is 0 Å². The molecule has 1 saturated carbocycles. The highest BCUT2D eigenvalue weighted by molar-refractivity contribution is 7.89. The van der Waals surface area contributed by atoms with Gasteiger partial charge in [-0.05, 0) is 25.0 Å². The van der Waals surface area contributed by atoms with Crippen LogP contribution in [0.4, 0.5) is 11.4 Å². The third-order valence-electron chi connectivity index (χ3n) is 4.73. The highest BCUT2D eigenvalue weighted by atomic mass is 32.2. The van der Waals surface area contributed by atoms with Crippen LogP contribution < -0.4 is 11.1 Å². The van der Waals surface area contributed by atoms with Crippen molar-refractivity contribution >= 4 is 27.3 Å². The lowest BCUT2D eigenvalue weighted by Crippen LogP contribution is -2.34. The molecule has 0 saturated heterocycles. The molecule has 26 heavy (non-hydrogen) atoms. The second-order valence-corrected chi connectivity index (χ2v) is 8.15. The number of nitrogens with two attached hydrogens (primary N) is 1. The number of sulfonamides is 1. The topological polar surface area (TPSA) is 136 Å². The van der Waals surface area contributed by atoms with Crippen LogP contribution in [0.5, 0.6) is 0 Å². The lowest BCUT2D eigenvalue weighted by atomic mass is 10.0. The van der Waals surface area contributed by atoms with E-state index in [1.807, 2.05) is 0 Å². The molecule has 2 atom stereocenters. The van der Waals surface area contributed by atoms with E-state index >= 15 is 0 Å². The Morgan fingerprint density at radius 2 is 2.00 bits per heavy atom. The Bertz CT molecular complexity index is 792. The summed E-state index contributed by atoms with van der Waals surface area (Å²) in [5, 5.41) is 14.5. The van der Waals surface area contributed by atoms with E-state index in [4.69, 9.17) is 5.73 Å². The fourth-order valence-electron chi connectivity index (χ4n) is 3.33. The number of carbonyl (C=O) groups is 1. The maximum Gasteiger partial charge on any atom is 0.293 e. The third kappa shape index (κ3) is 3.96. The molecule has 0 bridgehead atoms. The summed E-state index contributed by atoms with van der Waals surface area (Å²) >= 11 is 0. The molecular weight excluding hydrogens is 360 g/mol. The smallest absolute Gasteiger partial charge is 0.293 e. The Kier molecular flexibility index (Phi) is 6.19. The van der Waals surface area contributed by atoms with Gasteiger partial charge in [-0.25, -0.2) is 8.42 Å². The quantitative estimate of drug-likeness (QED) is 0.517. The summed E-state index contributed by atoms with van der Waals surface area (Å²) in [6, 6.07) is 3.49. The molecule has 1 aliphatic carbocycles. The second kappa shape index (κ2) is 8.00. The summed E-state index contributed by atoms with van der Waals surface area (Å²) in [5.41, 5.74) is 5.23. The van der Waals surface area contributed by atoms with Crippen molar-refractivity contribution in [2.45, 2.75) is 44.0 Å². The van der Waals surface area contributed by atoms with Crippen LogP contribution in [0.1, 0.15) is 33.1 Å². The molecule has 0 aliphatic heterocycles. The molecular formula is C16H24N4O5S. The van der Waals surface area contributed by atoms with Crippen molar-refractivity contribution in [3.05, 3.63) is 28.3 Å². The minimum Gasteiger partial charge on any atom is -0.376 e. The Hall–Kier alpha value is -2.20. The van der Waals surface area contributed by atoms with Gasteiger partial charge in [0.1, 0.15) is 5.69 Å². The van der Waals surface area contributed by atoms with Gasteiger partial charge < -0.3 is 11.1 Å². The first kappa shape index (κ1) is 20.1. The molecule has 10 heteroatoms. The number of nitrogens with zero attached hydrogens (tertiary/aromatic N) is 2. The second-order valence-electron chi connectivity index (χ2n) is 6.22. The van der Waals surface area contributed by atoms with Gasteiger partial charge in [-0.1, -0.05) is 20.3 Å². The number of nitro groups is 1. The molecule has 2 rings (SSSR count). The first-order chi connectivity index (χ1) is 12.2. The van der Waals surface area contributed by atoms with Crippen LogP contribution in [0.25, 0.3) is 0 Å². The van der Waals surface area contributed by atoms with Gasteiger partial charge in [0.25, 0.3) is 5.69 Å². The fraction of sp³-hybridized carbons (Fsp3) is 0.562. The number of anilines is 1. The Balaban J connectivity index is 2.38. The molecule has 1 aromatic carbocycles. The van der Waals surface area contributed by atoms with Crippen molar-refractivity contribution in [2.24, 2.45) is 11.7 Å². The Labute approximate surface area is 152 Å². The minimum atomic E-state index is -3.80. The van der Waals surface area contributed by atoms with Gasteiger partial charge in [-0.3, -0.25) is 14.9 Å². The average molecular weight is 384 g/mol.